The summed E-state index contributed by atoms with van der Waals surface area (Å²) in [5.41, 5.74) is 1.85. The average molecular weight is 288 g/mol. The van der Waals surface area contributed by atoms with Crippen molar-refractivity contribution in [3.63, 3.8) is 0 Å². The number of benzene rings is 1. The third-order valence-electron chi connectivity index (χ3n) is 4.64. The summed E-state index contributed by atoms with van der Waals surface area (Å²) in [6, 6.07) is 8.82. The molecule has 0 aliphatic heterocycles. The van der Waals surface area contributed by atoms with Gasteiger partial charge in [0.25, 0.3) is 0 Å². The Kier molecular flexibility index (Phi) is 5.01. The third-order valence-corrected chi connectivity index (χ3v) is 4.64. The first-order valence-electron chi connectivity index (χ1n) is 8.56. The standard InChI is InChI=1S/C20H32O/c1-16(15-19(2,3)4)17-9-11-18(12-10-17)21-20(5)13-7-6-8-14-20/h9-12,16H,6-8,13-15H2,1-5H3. The molecule has 1 aromatic rings. The lowest BCUT2D eigenvalue weighted by Gasteiger charge is -2.34. The van der Waals surface area contributed by atoms with E-state index in [0.29, 0.717) is 11.3 Å². The van der Waals surface area contributed by atoms with E-state index >= 15 is 0 Å². The van der Waals surface area contributed by atoms with Crippen molar-refractivity contribution < 1.29 is 4.74 Å². The molecule has 1 fully saturated rings. The molecule has 0 heterocycles. The van der Waals surface area contributed by atoms with Crippen LogP contribution in [-0.4, -0.2) is 5.60 Å². The van der Waals surface area contributed by atoms with Crippen LogP contribution in [-0.2, 0) is 0 Å². The Labute approximate surface area is 131 Å². The number of rotatable bonds is 4. The number of hydrogen-bond acceptors (Lipinski definition) is 1. The average Bonchev–Trinajstić information content (AvgIpc) is 2.38. The topological polar surface area (TPSA) is 9.23 Å². The van der Waals surface area contributed by atoms with Gasteiger partial charge in [-0.1, -0.05) is 46.2 Å². The van der Waals surface area contributed by atoms with E-state index in [-0.39, 0.29) is 5.60 Å². The maximum Gasteiger partial charge on any atom is 0.120 e. The summed E-state index contributed by atoms with van der Waals surface area (Å²) in [6.45, 7) is 11.5. The fraction of sp³-hybridized carbons (Fsp3) is 0.700. The predicted octanol–water partition coefficient (Wildman–Crippen LogP) is 6.33. The van der Waals surface area contributed by atoms with Gasteiger partial charge in [0.15, 0.2) is 0 Å². The van der Waals surface area contributed by atoms with Crippen molar-refractivity contribution >= 4 is 0 Å². The van der Waals surface area contributed by atoms with Gasteiger partial charge in [-0.3, -0.25) is 0 Å². The van der Waals surface area contributed by atoms with E-state index in [0.717, 1.165) is 5.75 Å². The van der Waals surface area contributed by atoms with E-state index in [2.05, 4.69) is 58.9 Å². The Balaban J connectivity index is 1.98. The van der Waals surface area contributed by atoms with E-state index in [4.69, 9.17) is 4.74 Å². The SMILES string of the molecule is CC(CC(C)(C)C)c1ccc(OC2(C)CCCCC2)cc1. The molecular weight excluding hydrogens is 256 g/mol. The predicted molar refractivity (Wildman–Crippen MR) is 91.0 cm³/mol. The molecule has 0 spiro atoms. The van der Waals surface area contributed by atoms with Gasteiger partial charge in [-0.15, -0.1) is 0 Å². The molecular formula is C20H32O. The highest BCUT2D eigenvalue weighted by Gasteiger charge is 2.28. The molecule has 0 amide bonds. The minimum Gasteiger partial charge on any atom is -0.488 e. The van der Waals surface area contributed by atoms with E-state index in [9.17, 15) is 0 Å². The molecule has 1 unspecified atom stereocenters. The van der Waals surface area contributed by atoms with Gasteiger partial charge in [-0.05, 0) is 68.1 Å². The molecule has 1 aromatic carbocycles. The zero-order valence-corrected chi connectivity index (χ0v) is 14.5. The van der Waals surface area contributed by atoms with E-state index < -0.39 is 0 Å². The monoisotopic (exact) mass is 288 g/mol. The van der Waals surface area contributed by atoms with Crippen molar-refractivity contribution in [2.45, 2.75) is 84.7 Å². The molecule has 21 heavy (non-hydrogen) atoms. The van der Waals surface area contributed by atoms with Crippen LogP contribution in [0, 0.1) is 5.41 Å². The minimum atomic E-state index is 0.0524. The van der Waals surface area contributed by atoms with Gasteiger partial charge < -0.3 is 4.74 Å². The molecule has 1 aliphatic carbocycles. The molecule has 118 valence electrons. The molecule has 0 bridgehead atoms. The van der Waals surface area contributed by atoms with Gasteiger partial charge in [-0.25, -0.2) is 0 Å². The Morgan fingerprint density at radius 1 is 1.05 bits per heavy atom. The first-order valence-corrected chi connectivity index (χ1v) is 8.56. The Hall–Kier alpha value is -0.980. The molecule has 1 saturated carbocycles. The van der Waals surface area contributed by atoms with Crippen molar-refractivity contribution in [1.82, 2.24) is 0 Å². The number of hydrogen-bond donors (Lipinski definition) is 0. The van der Waals surface area contributed by atoms with E-state index in [1.807, 2.05) is 0 Å². The Bertz CT molecular complexity index is 432. The van der Waals surface area contributed by atoms with Gasteiger partial charge >= 0.3 is 0 Å². The second kappa shape index (κ2) is 6.42. The summed E-state index contributed by atoms with van der Waals surface area (Å²) in [7, 11) is 0. The van der Waals surface area contributed by atoms with Gasteiger partial charge in [0.05, 0.1) is 0 Å². The molecule has 1 atom stereocenters. The summed E-state index contributed by atoms with van der Waals surface area (Å²) in [4.78, 5) is 0. The Morgan fingerprint density at radius 3 is 2.14 bits per heavy atom. The van der Waals surface area contributed by atoms with Gasteiger partial charge in [0.1, 0.15) is 11.4 Å². The highest BCUT2D eigenvalue weighted by Crippen LogP contribution is 2.34. The van der Waals surface area contributed by atoms with E-state index in [1.165, 1.54) is 44.1 Å². The maximum absolute atomic E-state index is 6.28. The van der Waals surface area contributed by atoms with Crippen LogP contribution in [0.1, 0.15) is 84.6 Å². The van der Waals surface area contributed by atoms with Gasteiger partial charge in [-0.2, -0.15) is 0 Å². The first kappa shape index (κ1) is 16.4. The number of ether oxygens (including phenoxy) is 1. The smallest absolute Gasteiger partial charge is 0.120 e. The molecule has 0 N–H and O–H groups in total. The van der Waals surface area contributed by atoms with Crippen LogP contribution in [0.4, 0.5) is 0 Å². The third kappa shape index (κ3) is 5.05. The summed E-state index contributed by atoms with van der Waals surface area (Å²) < 4.78 is 6.28. The zero-order chi connectivity index (χ0) is 15.5. The van der Waals surface area contributed by atoms with Crippen LogP contribution >= 0.6 is 0 Å². The first-order chi connectivity index (χ1) is 9.77. The van der Waals surface area contributed by atoms with Crippen molar-refractivity contribution in [3.05, 3.63) is 29.8 Å². The van der Waals surface area contributed by atoms with Crippen molar-refractivity contribution in [2.75, 3.05) is 0 Å². The lowest BCUT2D eigenvalue weighted by atomic mass is 9.82. The normalized spacial score (nSPS) is 20.0. The highest BCUT2D eigenvalue weighted by molar-refractivity contribution is 5.30. The van der Waals surface area contributed by atoms with Crippen LogP contribution in [0.5, 0.6) is 5.75 Å². The van der Waals surface area contributed by atoms with Crippen LogP contribution in [0.25, 0.3) is 0 Å². The largest absolute Gasteiger partial charge is 0.488 e. The lowest BCUT2D eigenvalue weighted by Crippen LogP contribution is -2.34. The van der Waals surface area contributed by atoms with Crippen molar-refractivity contribution in [1.29, 1.82) is 0 Å². The lowest BCUT2D eigenvalue weighted by molar-refractivity contribution is 0.0487. The second-order valence-electron chi connectivity index (χ2n) is 8.35. The van der Waals surface area contributed by atoms with Crippen LogP contribution in [0.3, 0.4) is 0 Å². The molecule has 0 radical (unpaired) electrons. The quantitative estimate of drug-likeness (QED) is 0.629. The Morgan fingerprint density at radius 2 is 1.62 bits per heavy atom. The van der Waals surface area contributed by atoms with Crippen molar-refractivity contribution in [3.8, 4) is 5.75 Å². The molecule has 1 aliphatic rings. The van der Waals surface area contributed by atoms with Crippen molar-refractivity contribution in [2.24, 2.45) is 5.41 Å². The molecule has 0 saturated heterocycles. The van der Waals surface area contributed by atoms with E-state index in [1.54, 1.807) is 0 Å². The van der Waals surface area contributed by atoms with Crippen LogP contribution < -0.4 is 4.74 Å². The minimum absolute atomic E-state index is 0.0524. The molecule has 2 rings (SSSR count). The summed E-state index contributed by atoms with van der Waals surface area (Å²) in [5.74, 6) is 1.63. The molecule has 1 heteroatoms. The summed E-state index contributed by atoms with van der Waals surface area (Å²) >= 11 is 0. The molecule has 1 nitrogen and oxygen atoms in total. The maximum atomic E-state index is 6.28. The van der Waals surface area contributed by atoms with Crippen LogP contribution in [0.15, 0.2) is 24.3 Å². The van der Waals surface area contributed by atoms with Gasteiger partial charge in [0.2, 0.25) is 0 Å². The zero-order valence-electron chi connectivity index (χ0n) is 14.5. The highest BCUT2D eigenvalue weighted by atomic mass is 16.5. The summed E-state index contributed by atoms with van der Waals surface area (Å²) in [6.07, 6.45) is 7.56. The second-order valence-corrected chi connectivity index (χ2v) is 8.35. The fourth-order valence-corrected chi connectivity index (χ4v) is 3.59. The fourth-order valence-electron chi connectivity index (χ4n) is 3.59. The summed E-state index contributed by atoms with van der Waals surface area (Å²) in [5, 5.41) is 0. The van der Waals surface area contributed by atoms with Gasteiger partial charge in [0, 0.05) is 0 Å². The molecule has 0 aromatic heterocycles. The van der Waals surface area contributed by atoms with Crippen LogP contribution in [0.2, 0.25) is 0 Å².